The molecular weight excluding hydrogens is 477 g/mol. The minimum Gasteiger partial charge on any atom is -0.377 e. The number of hydrogen-bond acceptors (Lipinski definition) is 11. The lowest BCUT2D eigenvalue weighted by Crippen LogP contribution is -2.56. The number of piperazine rings is 1. The maximum atomic E-state index is 12.6. The largest absolute Gasteiger partial charge is 0.377 e. The van der Waals surface area contributed by atoms with E-state index in [4.69, 9.17) is 4.74 Å². The highest BCUT2D eigenvalue weighted by Gasteiger charge is 2.30. The summed E-state index contributed by atoms with van der Waals surface area (Å²) >= 11 is 0. The molecule has 0 amide bonds. The van der Waals surface area contributed by atoms with Crippen molar-refractivity contribution in [2.45, 2.75) is 6.04 Å². The zero-order valence-electron chi connectivity index (χ0n) is 20.1. The number of aryl methyl sites for hydroxylation is 1. The number of alkyl halides is 1. The van der Waals surface area contributed by atoms with Gasteiger partial charge in [0.15, 0.2) is 5.82 Å². The van der Waals surface area contributed by atoms with Gasteiger partial charge in [0.2, 0.25) is 11.9 Å². The third-order valence-corrected chi connectivity index (χ3v) is 5.62. The van der Waals surface area contributed by atoms with Gasteiger partial charge < -0.3 is 14.5 Å². The summed E-state index contributed by atoms with van der Waals surface area (Å²) in [5.41, 5.74) is 2.05. The molecule has 4 aromatic heterocycles. The molecule has 1 fully saturated rings. The van der Waals surface area contributed by atoms with E-state index >= 15 is 0 Å². The van der Waals surface area contributed by atoms with Crippen LogP contribution in [0, 0.1) is 11.8 Å². The van der Waals surface area contributed by atoms with Crippen LogP contribution in [0.4, 0.5) is 16.3 Å². The SMILES string of the molecule is Cn1ccc(-c2ncc(C#Cc3cnc(N4CCN(c5ncncn5)C(COCCF)C4)nc3)cn2)n1. The molecule has 0 aliphatic carbocycles. The average molecular weight is 502 g/mol. The van der Waals surface area contributed by atoms with Gasteiger partial charge in [-0.05, 0) is 6.07 Å². The van der Waals surface area contributed by atoms with E-state index in [0.29, 0.717) is 60.8 Å². The van der Waals surface area contributed by atoms with Crippen molar-refractivity contribution in [1.82, 2.24) is 44.7 Å². The molecule has 0 aromatic carbocycles. The van der Waals surface area contributed by atoms with Crippen LogP contribution in [-0.4, -0.2) is 90.2 Å². The van der Waals surface area contributed by atoms with Crippen LogP contribution in [0.25, 0.3) is 11.5 Å². The quantitative estimate of drug-likeness (QED) is 0.265. The first-order valence-corrected chi connectivity index (χ1v) is 11.6. The molecule has 1 aliphatic heterocycles. The number of nitrogens with zero attached hydrogens (tertiary/aromatic N) is 11. The molecule has 1 aliphatic rings. The van der Waals surface area contributed by atoms with E-state index in [1.807, 2.05) is 24.2 Å². The Labute approximate surface area is 212 Å². The van der Waals surface area contributed by atoms with Crippen LogP contribution in [0.15, 0.2) is 49.7 Å². The lowest BCUT2D eigenvalue weighted by atomic mass is 10.2. The topological polar surface area (TPSA) is 124 Å². The Hall–Kier alpha value is -4.57. The third kappa shape index (κ3) is 5.99. The molecule has 13 heteroatoms. The molecule has 188 valence electrons. The fraction of sp³-hybridized carbons (Fsp3) is 0.333. The molecule has 0 bridgehead atoms. The highest BCUT2D eigenvalue weighted by molar-refractivity contribution is 5.49. The van der Waals surface area contributed by atoms with E-state index in [9.17, 15) is 4.39 Å². The predicted octanol–water partition coefficient (Wildman–Crippen LogP) is 0.933. The predicted molar refractivity (Wildman–Crippen MR) is 132 cm³/mol. The minimum absolute atomic E-state index is 0.0440. The van der Waals surface area contributed by atoms with Gasteiger partial charge in [-0.2, -0.15) is 5.10 Å². The smallest absolute Gasteiger partial charge is 0.228 e. The fourth-order valence-electron chi connectivity index (χ4n) is 3.85. The summed E-state index contributed by atoms with van der Waals surface area (Å²) in [6.07, 6.45) is 11.5. The van der Waals surface area contributed by atoms with Crippen molar-refractivity contribution in [2.24, 2.45) is 7.05 Å². The van der Waals surface area contributed by atoms with Gasteiger partial charge in [0.1, 0.15) is 25.0 Å². The van der Waals surface area contributed by atoms with E-state index in [-0.39, 0.29) is 12.6 Å². The summed E-state index contributed by atoms with van der Waals surface area (Å²) in [7, 11) is 1.84. The van der Waals surface area contributed by atoms with Crippen molar-refractivity contribution in [1.29, 1.82) is 0 Å². The Morgan fingerprint density at radius 1 is 0.946 bits per heavy atom. The maximum Gasteiger partial charge on any atom is 0.228 e. The Kier molecular flexibility index (Phi) is 7.47. The zero-order chi connectivity index (χ0) is 25.5. The number of aromatic nitrogens is 9. The molecular formula is C24H24FN11O. The Morgan fingerprint density at radius 2 is 1.65 bits per heavy atom. The number of ether oxygens (including phenoxy) is 1. The number of rotatable bonds is 7. The van der Waals surface area contributed by atoms with Gasteiger partial charge in [0.05, 0.1) is 30.4 Å². The van der Waals surface area contributed by atoms with Gasteiger partial charge >= 0.3 is 0 Å². The molecule has 12 nitrogen and oxygen atoms in total. The maximum absolute atomic E-state index is 12.6. The van der Waals surface area contributed by atoms with Gasteiger partial charge in [-0.3, -0.25) is 4.68 Å². The molecule has 1 unspecified atom stereocenters. The van der Waals surface area contributed by atoms with Gasteiger partial charge in [0, 0.05) is 57.7 Å². The minimum atomic E-state index is -0.533. The average Bonchev–Trinajstić information content (AvgIpc) is 3.39. The second kappa shape index (κ2) is 11.4. The van der Waals surface area contributed by atoms with Gasteiger partial charge in [-0.25, -0.2) is 39.3 Å². The third-order valence-electron chi connectivity index (χ3n) is 5.62. The first kappa shape index (κ1) is 24.1. The van der Waals surface area contributed by atoms with E-state index in [1.165, 1.54) is 12.7 Å². The van der Waals surface area contributed by atoms with Crippen LogP contribution >= 0.6 is 0 Å². The molecule has 0 N–H and O–H groups in total. The molecule has 4 aromatic rings. The van der Waals surface area contributed by atoms with Gasteiger partial charge in [0.25, 0.3) is 0 Å². The van der Waals surface area contributed by atoms with E-state index in [2.05, 4.69) is 56.7 Å². The molecule has 37 heavy (non-hydrogen) atoms. The standard InChI is InChI=1S/C24H24FN11O/c1-34-6-4-21(33-34)22-27-10-18(11-28-22)2-3-19-12-29-23(30-13-19)35-7-8-36(24-31-16-26-17-32-24)20(14-35)15-37-9-5-25/h4,6,10-13,16-17,20H,5,7-9,14-15H2,1H3. The first-order valence-electron chi connectivity index (χ1n) is 11.6. The van der Waals surface area contributed by atoms with Crippen molar-refractivity contribution in [3.8, 4) is 23.4 Å². The summed E-state index contributed by atoms with van der Waals surface area (Å²) in [5.74, 6) is 7.77. The van der Waals surface area contributed by atoms with Crippen LogP contribution in [0.2, 0.25) is 0 Å². The Bertz CT molecular complexity index is 1350. The lowest BCUT2D eigenvalue weighted by Gasteiger charge is -2.41. The first-order chi connectivity index (χ1) is 18.2. The molecule has 5 rings (SSSR count). The van der Waals surface area contributed by atoms with Crippen molar-refractivity contribution in [3.05, 3.63) is 60.8 Å². The fourth-order valence-corrected chi connectivity index (χ4v) is 3.85. The molecule has 0 radical (unpaired) electrons. The van der Waals surface area contributed by atoms with E-state index in [0.717, 1.165) is 0 Å². The van der Waals surface area contributed by atoms with Crippen LogP contribution in [-0.2, 0) is 11.8 Å². The molecule has 0 saturated carbocycles. The lowest BCUT2D eigenvalue weighted by molar-refractivity contribution is 0.104. The summed E-state index contributed by atoms with van der Waals surface area (Å²) < 4.78 is 19.8. The highest BCUT2D eigenvalue weighted by Crippen LogP contribution is 2.19. The van der Waals surface area contributed by atoms with Gasteiger partial charge in [-0.1, -0.05) is 11.8 Å². The summed E-state index contributed by atoms with van der Waals surface area (Å²) in [6.45, 7) is 1.71. The summed E-state index contributed by atoms with van der Waals surface area (Å²) in [6, 6.07) is 1.76. The second-order valence-corrected chi connectivity index (χ2v) is 8.19. The van der Waals surface area contributed by atoms with Crippen molar-refractivity contribution in [3.63, 3.8) is 0 Å². The Morgan fingerprint density at radius 3 is 2.30 bits per heavy atom. The second-order valence-electron chi connectivity index (χ2n) is 8.19. The summed E-state index contributed by atoms with van der Waals surface area (Å²) in [5, 5.41) is 4.30. The molecule has 5 heterocycles. The van der Waals surface area contributed by atoms with Crippen molar-refractivity contribution >= 4 is 11.9 Å². The number of halogens is 1. The van der Waals surface area contributed by atoms with Crippen LogP contribution in [0.1, 0.15) is 11.1 Å². The van der Waals surface area contributed by atoms with Crippen molar-refractivity contribution < 1.29 is 9.13 Å². The van der Waals surface area contributed by atoms with Crippen molar-refractivity contribution in [2.75, 3.05) is 49.3 Å². The van der Waals surface area contributed by atoms with E-state index < -0.39 is 6.67 Å². The van der Waals surface area contributed by atoms with Crippen LogP contribution < -0.4 is 9.80 Å². The van der Waals surface area contributed by atoms with Crippen LogP contribution in [0.5, 0.6) is 0 Å². The zero-order valence-corrected chi connectivity index (χ0v) is 20.1. The molecule has 0 spiro atoms. The number of hydrogen-bond donors (Lipinski definition) is 0. The normalized spacial score (nSPS) is 15.4. The number of anilines is 2. The highest BCUT2D eigenvalue weighted by atomic mass is 19.1. The van der Waals surface area contributed by atoms with E-state index in [1.54, 1.807) is 29.5 Å². The van der Waals surface area contributed by atoms with Crippen LogP contribution in [0.3, 0.4) is 0 Å². The molecule has 1 atom stereocenters. The summed E-state index contributed by atoms with van der Waals surface area (Å²) in [4.78, 5) is 34.2. The monoisotopic (exact) mass is 501 g/mol. The molecule has 1 saturated heterocycles. The Balaban J connectivity index is 1.24. The van der Waals surface area contributed by atoms with Gasteiger partial charge in [-0.15, -0.1) is 0 Å².